The Bertz CT molecular complexity index is 498. The second kappa shape index (κ2) is 4.67. The van der Waals surface area contributed by atoms with Crippen molar-refractivity contribution >= 4 is 11.8 Å². The van der Waals surface area contributed by atoms with Gasteiger partial charge in [-0.25, -0.2) is 0 Å². The third-order valence-electron chi connectivity index (χ3n) is 2.54. The molecule has 0 amide bonds. The molecule has 2 aromatic carbocycles. The van der Waals surface area contributed by atoms with E-state index in [0.29, 0.717) is 0 Å². The van der Waals surface area contributed by atoms with Crippen molar-refractivity contribution in [3.05, 3.63) is 60.2 Å². The van der Waals surface area contributed by atoms with Crippen LogP contribution in [0.1, 0.15) is 12.5 Å². The number of hydrogen-bond acceptors (Lipinski definition) is 1. The van der Waals surface area contributed by atoms with Gasteiger partial charge in [-0.15, -0.1) is 0 Å². The average Bonchev–Trinajstić information content (AvgIpc) is 2.33. The van der Waals surface area contributed by atoms with Crippen molar-refractivity contribution in [2.45, 2.75) is 6.92 Å². The van der Waals surface area contributed by atoms with Crippen LogP contribution in [0.4, 0.5) is 5.69 Å². The molecule has 0 radical (unpaired) electrons. The van der Waals surface area contributed by atoms with Crippen LogP contribution in [0.5, 0.6) is 0 Å². The van der Waals surface area contributed by atoms with E-state index in [1.165, 1.54) is 11.1 Å². The molecule has 0 fully saturated rings. The molecule has 0 spiro atoms. The van der Waals surface area contributed by atoms with Gasteiger partial charge in [-0.2, -0.15) is 0 Å². The summed E-state index contributed by atoms with van der Waals surface area (Å²) < 4.78 is 0. The molecule has 80 valence electrons. The average molecular weight is 209 g/mol. The third-order valence-corrected chi connectivity index (χ3v) is 2.54. The van der Waals surface area contributed by atoms with Crippen LogP contribution in [0.3, 0.4) is 0 Å². The van der Waals surface area contributed by atoms with Crippen LogP contribution in [0.25, 0.3) is 17.2 Å². The normalized spacial score (nSPS) is 10.8. The molecule has 2 aromatic rings. The van der Waals surface area contributed by atoms with Gasteiger partial charge in [0.1, 0.15) is 0 Å². The highest BCUT2D eigenvalue weighted by Gasteiger charge is 2.00. The number of rotatable bonds is 2. The van der Waals surface area contributed by atoms with Gasteiger partial charge >= 0.3 is 0 Å². The lowest BCUT2D eigenvalue weighted by Crippen LogP contribution is -1.89. The molecule has 1 heteroatoms. The SMILES string of the molecule is C/C=C\c1cc(-c2ccccc2)ccc1N. The number of anilines is 1. The summed E-state index contributed by atoms with van der Waals surface area (Å²) in [5.41, 5.74) is 10.2. The minimum Gasteiger partial charge on any atom is -0.398 e. The quantitative estimate of drug-likeness (QED) is 0.744. The van der Waals surface area contributed by atoms with Gasteiger partial charge in [-0.05, 0) is 35.7 Å². The van der Waals surface area contributed by atoms with E-state index >= 15 is 0 Å². The van der Waals surface area contributed by atoms with Gasteiger partial charge in [0.2, 0.25) is 0 Å². The summed E-state index contributed by atoms with van der Waals surface area (Å²) in [4.78, 5) is 0. The second-order valence-electron chi connectivity index (χ2n) is 3.71. The molecular formula is C15H15N. The van der Waals surface area contributed by atoms with Crippen LogP contribution in [0.15, 0.2) is 54.6 Å². The Morgan fingerprint density at radius 1 is 0.938 bits per heavy atom. The topological polar surface area (TPSA) is 26.0 Å². The van der Waals surface area contributed by atoms with Crippen LogP contribution >= 0.6 is 0 Å². The standard InChI is InChI=1S/C15H15N/c1-2-6-14-11-13(9-10-15(14)16)12-7-4-3-5-8-12/h2-11H,16H2,1H3/b6-2-. The van der Waals surface area contributed by atoms with Gasteiger partial charge in [0, 0.05) is 5.69 Å². The highest BCUT2D eigenvalue weighted by atomic mass is 14.5. The Morgan fingerprint density at radius 3 is 2.38 bits per heavy atom. The van der Waals surface area contributed by atoms with Gasteiger partial charge in [0.15, 0.2) is 0 Å². The molecule has 0 atom stereocenters. The summed E-state index contributed by atoms with van der Waals surface area (Å²) in [6.07, 6.45) is 4.03. The van der Waals surface area contributed by atoms with Crippen molar-refractivity contribution < 1.29 is 0 Å². The summed E-state index contributed by atoms with van der Waals surface area (Å²) in [6.45, 7) is 1.99. The number of allylic oxidation sites excluding steroid dienone is 1. The Balaban J connectivity index is 2.48. The molecule has 0 saturated carbocycles. The smallest absolute Gasteiger partial charge is 0.0387 e. The number of hydrogen-bond donors (Lipinski definition) is 1. The number of nitrogens with two attached hydrogens (primary N) is 1. The lowest BCUT2D eigenvalue weighted by atomic mass is 10.0. The van der Waals surface area contributed by atoms with Crippen molar-refractivity contribution in [2.75, 3.05) is 5.73 Å². The Labute approximate surface area is 96.2 Å². The Morgan fingerprint density at radius 2 is 1.69 bits per heavy atom. The molecular weight excluding hydrogens is 194 g/mol. The maximum atomic E-state index is 5.90. The maximum Gasteiger partial charge on any atom is 0.0387 e. The van der Waals surface area contributed by atoms with Crippen molar-refractivity contribution in [3.63, 3.8) is 0 Å². The molecule has 0 unspecified atom stereocenters. The lowest BCUT2D eigenvalue weighted by molar-refractivity contribution is 1.58. The van der Waals surface area contributed by atoms with Crippen molar-refractivity contribution in [1.82, 2.24) is 0 Å². The molecule has 0 aliphatic heterocycles. The first-order valence-electron chi connectivity index (χ1n) is 5.39. The lowest BCUT2D eigenvalue weighted by Gasteiger charge is -2.05. The Hall–Kier alpha value is -2.02. The van der Waals surface area contributed by atoms with E-state index < -0.39 is 0 Å². The van der Waals surface area contributed by atoms with Crippen LogP contribution < -0.4 is 5.73 Å². The zero-order valence-corrected chi connectivity index (χ0v) is 9.35. The van der Waals surface area contributed by atoms with Gasteiger partial charge in [0.05, 0.1) is 0 Å². The zero-order chi connectivity index (χ0) is 11.4. The van der Waals surface area contributed by atoms with Crippen molar-refractivity contribution in [3.8, 4) is 11.1 Å². The summed E-state index contributed by atoms with van der Waals surface area (Å²) in [7, 11) is 0. The van der Waals surface area contributed by atoms with Crippen LogP contribution in [-0.2, 0) is 0 Å². The molecule has 16 heavy (non-hydrogen) atoms. The molecule has 0 aromatic heterocycles. The van der Waals surface area contributed by atoms with E-state index in [1.54, 1.807) is 0 Å². The van der Waals surface area contributed by atoms with Crippen LogP contribution in [-0.4, -0.2) is 0 Å². The minimum absolute atomic E-state index is 0.817. The minimum atomic E-state index is 0.817. The summed E-state index contributed by atoms with van der Waals surface area (Å²) in [5.74, 6) is 0. The number of benzene rings is 2. The predicted molar refractivity (Wildman–Crippen MR) is 71.0 cm³/mol. The zero-order valence-electron chi connectivity index (χ0n) is 9.35. The highest BCUT2D eigenvalue weighted by molar-refractivity contribution is 5.73. The molecule has 0 aliphatic carbocycles. The molecule has 2 rings (SSSR count). The van der Waals surface area contributed by atoms with Crippen LogP contribution in [0, 0.1) is 0 Å². The van der Waals surface area contributed by atoms with E-state index in [1.807, 2.05) is 43.3 Å². The largest absolute Gasteiger partial charge is 0.398 e. The van der Waals surface area contributed by atoms with Gasteiger partial charge < -0.3 is 5.73 Å². The van der Waals surface area contributed by atoms with E-state index in [2.05, 4.69) is 24.3 Å². The monoisotopic (exact) mass is 209 g/mol. The second-order valence-corrected chi connectivity index (χ2v) is 3.71. The van der Waals surface area contributed by atoms with E-state index in [-0.39, 0.29) is 0 Å². The van der Waals surface area contributed by atoms with Gasteiger partial charge in [-0.3, -0.25) is 0 Å². The predicted octanol–water partition coefficient (Wildman–Crippen LogP) is 3.97. The molecule has 0 aliphatic rings. The molecule has 0 saturated heterocycles. The fourth-order valence-electron chi connectivity index (χ4n) is 1.71. The maximum absolute atomic E-state index is 5.90. The third kappa shape index (κ3) is 2.14. The summed E-state index contributed by atoms with van der Waals surface area (Å²) >= 11 is 0. The highest BCUT2D eigenvalue weighted by Crippen LogP contribution is 2.24. The first-order chi connectivity index (χ1) is 7.81. The molecule has 0 heterocycles. The van der Waals surface area contributed by atoms with Crippen molar-refractivity contribution in [1.29, 1.82) is 0 Å². The Kier molecular flexibility index (Phi) is 3.06. The molecule has 1 nitrogen and oxygen atoms in total. The molecule has 0 bridgehead atoms. The van der Waals surface area contributed by atoms with Crippen LogP contribution in [0.2, 0.25) is 0 Å². The van der Waals surface area contributed by atoms with Gasteiger partial charge in [0.25, 0.3) is 0 Å². The first kappa shape index (κ1) is 10.5. The summed E-state index contributed by atoms with van der Waals surface area (Å²) in [6, 6.07) is 16.4. The fraction of sp³-hybridized carbons (Fsp3) is 0.0667. The van der Waals surface area contributed by atoms with E-state index in [0.717, 1.165) is 11.3 Å². The summed E-state index contributed by atoms with van der Waals surface area (Å²) in [5, 5.41) is 0. The number of nitrogen functional groups attached to an aromatic ring is 1. The van der Waals surface area contributed by atoms with Crippen molar-refractivity contribution in [2.24, 2.45) is 0 Å². The first-order valence-corrected chi connectivity index (χ1v) is 5.39. The fourth-order valence-corrected chi connectivity index (χ4v) is 1.71. The van der Waals surface area contributed by atoms with Gasteiger partial charge in [-0.1, -0.05) is 48.6 Å². The van der Waals surface area contributed by atoms with E-state index in [4.69, 9.17) is 5.73 Å². The molecule has 2 N–H and O–H groups in total. The van der Waals surface area contributed by atoms with E-state index in [9.17, 15) is 0 Å².